The van der Waals surface area contributed by atoms with Crippen molar-refractivity contribution in [3.8, 4) is 5.75 Å². The summed E-state index contributed by atoms with van der Waals surface area (Å²) in [6.07, 6.45) is -1.01. The van der Waals surface area contributed by atoms with Crippen molar-refractivity contribution in [3.05, 3.63) is 102 Å². The third-order valence-corrected chi connectivity index (χ3v) is 7.81. The van der Waals surface area contributed by atoms with Crippen LogP contribution in [0.1, 0.15) is 5.56 Å². The first-order valence-corrected chi connectivity index (χ1v) is 12.5. The Morgan fingerprint density at radius 3 is 2.47 bits per heavy atom. The van der Waals surface area contributed by atoms with Gasteiger partial charge < -0.3 is 10.1 Å². The quantitative estimate of drug-likeness (QED) is 0.435. The summed E-state index contributed by atoms with van der Waals surface area (Å²) < 4.78 is 34.0. The molecule has 4 aromatic carbocycles. The molecule has 0 radical (unpaired) electrons. The van der Waals surface area contributed by atoms with Crippen molar-refractivity contribution in [2.75, 3.05) is 10.8 Å². The molecule has 5 rings (SSSR count). The van der Waals surface area contributed by atoms with E-state index in [1.807, 2.05) is 42.5 Å². The number of halogens is 1. The first-order valence-electron chi connectivity index (χ1n) is 10.7. The maximum absolute atomic E-state index is 13.5. The van der Waals surface area contributed by atoms with Crippen molar-refractivity contribution < 1.29 is 17.9 Å². The first-order chi connectivity index (χ1) is 16.4. The van der Waals surface area contributed by atoms with E-state index in [2.05, 4.69) is 5.32 Å². The fraction of sp³-hybridized carbons (Fsp3) is 0.115. The maximum atomic E-state index is 13.5. The second kappa shape index (κ2) is 9.00. The molecule has 0 saturated heterocycles. The zero-order valence-electron chi connectivity index (χ0n) is 18.0. The van der Waals surface area contributed by atoms with Crippen molar-refractivity contribution in [1.82, 2.24) is 5.32 Å². The fourth-order valence-corrected chi connectivity index (χ4v) is 5.64. The molecule has 0 fully saturated rings. The van der Waals surface area contributed by atoms with E-state index in [-0.39, 0.29) is 11.4 Å². The number of ether oxygens (including phenoxy) is 1. The number of sulfonamides is 1. The van der Waals surface area contributed by atoms with Gasteiger partial charge >= 0.3 is 0 Å². The number of hydrogen-bond acceptors (Lipinski definition) is 4. The zero-order chi connectivity index (χ0) is 23.7. The van der Waals surface area contributed by atoms with Crippen molar-refractivity contribution in [2.24, 2.45) is 0 Å². The lowest BCUT2D eigenvalue weighted by Crippen LogP contribution is -2.50. The van der Waals surface area contributed by atoms with E-state index in [4.69, 9.17) is 16.3 Å². The van der Waals surface area contributed by atoms with Crippen LogP contribution in [-0.2, 0) is 21.4 Å². The summed E-state index contributed by atoms with van der Waals surface area (Å²) in [6.45, 7) is 0.148. The molecule has 1 N–H and O–H groups in total. The van der Waals surface area contributed by atoms with Crippen LogP contribution in [0.2, 0.25) is 5.02 Å². The number of nitrogens with one attached hydrogen (secondary N) is 1. The lowest BCUT2D eigenvalue weighted by Gasteiger charge is -2.34. The van der Waals surface area contributed by atoms with E-state index in [0.29, 0.717) is 23.0 Å². The Labute approximate surface area is 202 Å². The molecule has 1 atom stereocenters. The molecule has 1 heterocycles. The van der Waals surface area contributed by atoms with Gasteiger partial charge in [0.2, 0.25) is 0 Å². The summed E-state index contributed by atoms with van der Waals surface area (Å²) >= 11 is 5.93. The van der Waals surface area contributed by atoms with E-state index in [1.165, 1.54) is 28.6 Å². The highest BCUT2D eigenvalue weighted by atomic mass is 35.5. The summed E-state index contributed by atoms with van der Waals surface area (Å²) in [4.78, 5) is 13.2. The van der Waals surface area contributed by atoms with Gasteiger partial charge in [-0.3, -0.25) is 9.10 Å². The van der Waals surface area contributed by atoms with E-state index in [1.54, 1.807) is 24.3 Å². The minimum atomic E-state index is -3.94. The number of nitrogens with zero attached hydrogens (tertiary/aromatic N) is 1. The van der Waals surface area contributed by atoms with E-state index in [9.17, 15) is 13.2 Å². The minimum absolute atomic E-state index is 0.0866. The van der Waals surface area contributed by atoms with Crippen LogP contribution in [0.15, 0.2) is 95.9 Å². The van der Waals surface area contributed by atoms with Crippen molar-refractivity contribution in [3.63, 3.8) is 0 Å². The number of benzene rings is 4. The van der Waals surface area contributed by atoms with E-state index < -0.39 is 22.0 Å². The molecule has 172 valence electrons. The molecular formula is C26H21ClN2O4S. The molecular weight excluding hydrogens is 472 g/mol. The van der Waals surface area contributed by atoms with Crippen LogP contribution in [0.25, 0.3) is 10.8 Å². The fourth-order valence-electron chi connectivity index (χ4n) is 4.04. The van der Waals surface area contributed by atoms with Gasteiger partial charge in [-0.1, -0.05) is 66.2 Å². The number of carbonyl (C=O) groups excluding carboxylic acids is 1. The lowest BCUT2D eigenvalue weighted by molar-refractivity contribution is -0.127. The molecule has 0 saturated carbocycles. The minimum Gasteiger partial charge on any atom is -0.476 e. The lowest BCUT2D eigenvalue weighted by atomic mass is 10.0. The Balaban J connectivity index is 1.41. The number of hydrogen-bond donors (Lipinski definition) is 1. The molecule has 0 bridgehead atoms. The number of carbonyl (C=O) groups is 1. The van der Waals surface area contributed by atoms with Gasteiger partial charge in [0.15, 0.2) is 6.10 Å². The van der Waals surface area contributed by atoms with E-state index in [0.717, 1.165) is 16.3 Å². The first kappa shape index (κ1) is 22.3. The van der Waals surface area contributed by atoms with Crippen molar-refractivity contribution >= 4 is 44.0 Å². The van der Waals surface area contributed by atoms with Gasteiger partial charge in [0.05, 0.1) is 17.1 Å². The van der Waals surface area contributed by atoms with Crippen molar-refractivity contribution in [2.45, 2.75) is 17.5 Å². The summed E-state index contributed by atoms with van der Waals surface area (Å²) in [6, 6.07) is 26.6. The van der Waals surface area contributed by atoms with E-state index >= 15 is 0 Å². The Morgan fingerprint density at radius 2 is 1.65 bits per heavy atom. The van der Waals surface area contributed by atoms with Gasteiger partial charge in [0, 0.05) is 11.6 Å². The molecule has 6 nitrogen and oxygen atoms in total. The van der Waals surface area contributed by atoms with Gasteiger partial charge in [0.1, 0.15) is 5.75 Å². The Hall–Kier alpha value is -3.55. The number of amides is 1. The van der Waals surface area contributed by atoms with Crippen LogP contribution in [0.3, 0.4) is 0 Å². The topological polar surface area (TPSA) is 75.7 Å². The van der Waals surface area contributed by atoms with Gasteiger partial charge in [0.25, 0.3) is 15.9 Å². The van der Waals surface area contributed by atoms with Gasteiger partial charge in [-0.2, -0.15) is 0 Å². The molecule has 1 aliphatic rings. The molecule has 4 aromatic rings. The summed E-state index contributed by atoms with van der Waals surface area (Å²) in [5.74, 6) is -0.0599. The monoisotopic (exact) mass is 492 g/mol. The average Bonchev–Trinajstić information content (AvgIpc) is 2.86. The predicted molar refractivity (Wildman–Crippen MR) is 133 cm³/mol. The smallest absolute Gasteiger partial charge is 0.264 e. The largest absolute Gasteiger partial charge is 0.476 e. The van der Waals surface area contributed by atoms with Gasteiger partial charge in [-0.15, -0.1) is 0 Å². The summed E-state index contributed by atoms with van der Waals surface area (Å²) in [5, 5.41) is 5.47. The highest BCUT2D eigenvalue weighted by Gasteiger charge is 2.37. The SMILES string of the molecule is O=C(NCc1cccc2ccccc12)[C@H]1CN(S(=O)(=O)c2ccc(Cl)cc2)c2ccccc2O1. The number of fused-ring (bicyclic) bond motifs is 2. The highest BCUT2D eigenvalue weighted by Crippen LogP contribution is 2.37. The Bertz CT molecular complexity index is 1470. The highest BCUT2D eigenvalue weighted by molar-refractivity contribution is 7.92. The number of para-hydroxylation sites is 2. The van der Waals surface area contributed by atoms with Gasteiger partial charge in [-0.05, 0) is 52.7 Å². The van der Waals surface area contributed by atoms with Crippen LogP contribution in [-0.4, -0.2) is 27.0 Å². The zero-order valence-corrected chi connectivity index (χ0v) is 19.6. The predicted octanol–water partition coefficient (Wildman–Crippen LogP) is 4.77. The molecule has 0 spiro atoms. The van der Waals surface area contributed by atoms with Crippen LogP contribution < -0.4 is 14.4 Å². The number of anilines is 1. The summed E-state index contributed by atoms with van der Waals surface area (Å²) in [7, 11) is -3.94. The maximum Gasteiger partial charge on any atom is 0.264 e. The molecule has 0 unspecified atom stereocenters. The average molecular weight is 493 g/mol. The molecule has 0 aliphatic carbocycles. The second-order valence-corrected chi connectivity index (χ2v) is 10.2. The van der Waals surface area contributed by atoms with Crippen LogP contribution >= 0.6 is 11.6 Å². The molecule has 34 heavy (non-hydrogen) atoms. The second-order valence-electron chi connectivity index (χ2n) is 7.92. The number of rotatable bonds is 5. The van der Waals surface area contributed by atoms with Crippen LogP contribution in [0.4, 0.5) is 5.69 Å². The third-order valence-electron chi connectivity index (χ3n) is 5.76. The normalized spacial score (nSPS) is 15.4. The molecule has 8 heteroatoms. The third kappa shape index (κ3) is 4.20. The molecule has 1 aliphatic heterocycles. The van der Waals surface area contributed by atoms with Crippen LogP contribution in [0, 0.1) is 0 Å². The molecule has 0 aromatic heterocycles. The Morgan fingerprint density at radius 1 is 0.941 bits per heavy atom. The molecule has 1 amide bonds. The van der Waals surface area contributed by atoms with Gasteiger partial charge in [-0.25, -0.2) is 8.42 Å². The Kier molecular flexibility index (Phi) is 5.89. The van der Waals surface area contributed by atoms with Crippen LogP contribution in [0.5, 0.6) is 5.75 Å². The standard InChI is InChI=1S/C26H21ClN2O4S/c27-20-12-14-21(15-13-20)34(31,32)29-17-25(33-24-11-4-3-10-23(24)29)26(30)28-16-19-8-5-7-18-6-1-2-9-22(18)19/h1-15,25H,16-17H2,(H,28,30)/t25-/m1/s1. The van der Waals surface area contributed by atoms with Crippen molar-refractivity contribution in [1.29, 1.82) is 0 Å². The summed E-state index contributed by atoms with van der Waals surface area (Å²) in [5.41, 5.74) is 1.35.